The number of hydrogen-bond acceptors (Lipinski definition) is 3. The van der Waals surface area contributed by atoms with Crippen LogP contribution in [0.1, 0.15) is 33.1 Å². The van der Waals surface area contributed by atoms with Gasteiger partial charge in [-0.3, -0.25) is 9.59 Å². The molecule has 1 aromatic rings. The number of carbonyl (C=O) groups is 2. The molecule has 21 heavy (non-hydrogen) atoms. The van der Waals surface area contributed by atoms with Crippen molar-refractivity contribution in [3.05, 3.63) is 24.3 Å². The minimum atomic E-state index is -0.0592. The van der Waals surface area contributed by atoms with Crippen molar-refractivity contribution in [3.63, 3.8) is 0 Å². The second kappa shape index (κ2) is 7.11. The van der Waals surface area contributed by atoms with E-state index in [2.05, 4.69) is 5.32 Å². The molecule has 1 N–H and O–H groups in total. The summed E-state index contributed by atoms with van der Waals surface area (Å²) in [5, 5.41) is 2.93. The second-order valence-corrected chi connectivity index (χ2v) is 5.28. The quantitative estimate of drug-likeness (QED) is 0.873. The van der Waals surface area contributed by atoms with Gasteiger partial charge in [0.15, 0.2) is 6.61 Å². The lowest BCUT2D eigenvalue weighted by Gasteiger charge is -2.29. The molecule has 5 nitrogen and oxygen atoms in total. The molecular weight excluding hydrogens is 268 g/mol. The van der Waals surface area contributed by atoms with Gasteiger partial charge in [0, 0.05) is 19.0 Å². The highest BCUT2D eigenvalue weighted by Crippen LogP contribution is 2.31. The third kappa shape index (κ3) is 3.97. The Bertz CT molecular complexity index is 516. The predicted molar refractivity (Wildman–Crippen MR) is 81.4 cm³/mol. The second-order valence-electron chi connectivity index (χ2n) is 5.28. The number of para-hydroxylation sites is 2. The molecule has 0 unspecified atom stereocenters. The third-order valence-electron chi connectivity index (χ3n) is 3.61. The van der Waals surface area contributed by atoms with Gasteiger partial charge in [0.2, 0.25) is 5.91 Å². The van der Waals surface area contributed by atoms with Gasteiger partial charge in [0.05, 0.1) is 5.69 Å². The fraction of sp³-hybridized carbons (Fsp3) is 0.500. The number of carbonyl (C=O) groups excluding carboxylic acids is 2. The molecule has 5 heteroatoms. The van der Waals surface area contributed by atoms with Crippen molar-refractivity contribution in [2.45, 2.75) is 39.2 Å². The maximum absolute atomic E-state index is 12.0. The number of nitrogens with zero attached hydrogens (tertiary/aromatic N) is 1. The monoisotopic (exact) mass is 290 g/mol. The van der Waals surface area contributed by atoms with Gasteiger partial charge in [0.1, 0.15) is 5.75 Å². The lowest BCUT2D eigenvalue weighted by Crippen LogP contribution is -2.40. The minimum absolute atomic E-state index is 0.0401. The van der Waals surface area contributed by atoms with Gasteiger partial charge in [0.25, 0.3) is 5.91 Å². The molecule has 0 saturated heterocycles. The van der Waals surface area contributed by atoms with Crippen LogP contribution in [0, 0.1) is 0 Å². The predicted octanol–water partition coefficient (Wildman–Crippen LogP) is 2.11. The van der Waals surface area contributed by atoms with E-state index in [1.807, 2.05) is 38.1 Å². The largest absolute Gasteiger partial charge is 0.482 e. The van der Waals surface area contributed by atoms with Gasteiger partial charge in [-0.25, -0.2) is 0 Å². The molecule has 1 aliphatic rings. The van der Waals surface area contributed by atoms with E-state index >= 15 is 0 Å². The average Bonchev–Trinajstić information content (AvgIpc) is 2.49. The normalized spacial score (nSPS) is 15.1. The number of rotatable bonds is 6. The summed E-state index contributed by atoms with van der Waals surface area (Å²) < 4.78 is 5.39. The highest BCUT2D eigenvalue weighted by atomic mass is 16.5. The first-order chi connectivity index (χ1) is 10.1. The number of benzene rings is 1. The van der Waals surface area contributed by atoms with E-state index in [9.17, 15) is 9.59 Å². The van der Waals surface area contributed by atoms with Crippen LogP contribution in [0.3, 0.4) is 0 Å². The molecule has 2 rings (SSSR count). The Hall–Kier alpha value is -2.04. The fourth-order valence-corrected chi connectivity index (χ4v) is 2.25. The van der Waals surface area contributed by atoms with E-state index in [-0.39, 0.29) is 24.5 Å². The Morgan fingerprint density at radius 2 is 2.19 bits per heavy atom. The number of hydrogen-bond donors (Lipinski definition) is 1. The molecule has 114 valence electrons. The lowest BCUT2D eigenvalue weighted by atomic mass is 10.2. The molecule has 1 aromatic carbocycles. The van der Waals surface area contributed by atoms with Gasteiger partial charge >= 0.3 is 0 Å². The summed E-state index contributed by atoms with van der Waals surface area (Å²) in [6.45, 7) is 4.62. The summed E-state index contributed by atoms with van der Waals surface area (Å²) in [6, 6.07) is 7.68. The standard InChI is InChI=1S/C16H22N2O3/c1-3-12(2)17-15(19)9-6-10-18-13-7-4-5-8-14(13)21-11-16(18)20/h4-5,7-8,12H,3,6,9-11H2,1-2H3,(H,17,19)/t12-/m1/s1. The molecule has 0 fully saturated rings. The maximum Gasteiger partial charge on any atom is 0.265 e. The SMILES string of the molecule is CC[C@@H](C)NC(=O)CCCN1C(=O)COc2ccccc21. The smallest absolute Gasteiger partial charge is 0.265 e. The molecule has 2 amide bonds. The summed E-state index contributed by atoms with van der Waals surface area (Å²) in [5.74, 6) is 0.704. The summed E-state index contributed by atoms with van der Waals surface area (Å²) in [6.07, 6.45) is 1.99. The van der Waals surface area contributed by atoms with Crippen LogP contribution < -0.4 is 15.0 Å². The number of amides is 2. The van der Waals surface area contributed by atoms with Crippen molar-refractivity contribution >= 4 is 17.5 Å². The average molecular weight is 290 g/mol. The molecule has 0 bridgehead atoms. The van der Waals surface area contributed by atoms with Crippen molar-refractivity contribution in [1.29, 1.82) is 0 Å². The van der Waals surface area contributed by atoms with Crippen LogP contribution in [0.4, 0.5) is 5.69 Å². The molecule has 0 spiro atoms. The molecule has 0 aromatic heterocycles. The third-order valence-corrected chi connectivity index (χ3v) is 3.61. The molecular formula is C16H22N2O3. The number of fused-ring (bicyclic) bond motifs is 1. The highest BCUT2D eigenvalue weighted by molar-refractivity contribution is 5.97. The minimum Gasteiger partial charge on any atom is -0.482 e. The number of anilines is 1. The van der Waals surface area contributed by atoms with Crippen LogP contribution in [-0.4, -0.2) is 31.0 Å². The first kappa shape index (κ1) is 15.4. The van der Waals surface area contributed by atoms with E-state index in [0.717, 1.165) is 17.9 Å². The zero-order valence-electron chi connectivity index (χ0n) is 12.6. The Morgan fingerprint density at radius 3 is 2.95 bits per heavy atom. The van der Waals surface area contributed by atoms with Crippen molar-refractivity contribution < 1.29 is 14.3 Å². The zero-order chi connectivity index (χ0) is 15.2. The van der Waals surface area contributed by atoms with Crippen LogP contribution in [-0.2, 0) is 9.59 Å². The van der Waals surface area contributed by atoms with Gasteiger partial charge in [-0.05, 0) is 31.9 Å². The Morgan fingerprint density at radius 1 is 1.43 bits per heavy atom. The first-order valence-corrected chi connectivity index (χ1v) is 7.43. The van der Waals surface area contributed by atoms with Crippen LogP contribution in [0.5, 0.6) is 5.75 Å². The molecule has 1 atom stereocenters. The van der Waals surface area contributed by atoms with Crippen molar-refractivity contribution in [3.8, 4) is 5.75 Å². The van der Waals surface area contributed by atoms with E-state index in [4.69, 9.17) is 4.74 Å². The maximum atomic E-state index is 12.0. The highest BCUT2D eigenvalue weighted by Gasteiger charge is 2.24. The van der Waals surface area contributed by atoms with Crippen molar-refractivity contribution in [2.24, 2.45) is 0 Å². The van der Waals surface area contributed by atoms with Crippen LogP contribution >= 0.6 is 0 Å². The van der Waals surface area contributed by atoms with Gasteiger partial charge in [-0.2, -0.15) is 0 Å². The van der Waals surface area contributed by atoms with Crippen LogP contribution in [0.15, 0.2) is 24.3 Å². The van der Waals surface area contributed by atoms with Crippen molar-refractivity contribution in [2.75, 3.05) is 18.1 Å². The summed E-state index contributed by atoms with van der Waals surface area (Å²) >= 11 is 0. The molecule has 1 heterocycles. The summed E-state index contributed by atoms with van der Waals surface area (Å²) in [4.78, 5) is 25.4. The van der Waals surface area contributed by atoms with E-state index < -0.39 is 0 Å². The Labute approximate surface area is 125 Å². The number of ether oxygens (including phenoxy) is 1. The first-order valence-electron chi connectivity index (χ1n) is 7.43. The Balaban J connectivity index is 1.88. The molecule has 0 aliphatic carbocycles. The van der Waals surface area contributed by atoms with Gasteiger partial charge in [-0.15, -0.1) is 0 Å². The van der Waals surface area contributed by atoms with Gasteiger partial charge in [-0.1, -0.05) is 19.1 Å². The number of nitrogens with one attached hydrogen (secondary N) is 1. The Kier molecular flexibility index (Phi) is 5.20. The van der Waals surface area contributed by atoms with Crippen LogP contribution in [0.25, 0.3) is 0 Å². The van der Waals surface area contributed by atoms with Crippen molar-refractivity contribution in [1.82, 2.24) is 5.32 Å². The lowest BCUT2D eigenvalue weighted by molar-refractivity contribution is -0.123. The fourth-order valence-electron chi connectivity index (χ4n) is 2.25. The molecule has 0 saturated carbocycles. The molecule has 1 aliphatic heterocycles. The van der Waals surface area contributed by atoms with E-state index in [1.54, 1.807) is 4.90 Å². The summed E-state index contributed by atoms with van der Waals surface area (Å²) in [5.41, 5.74) is 0.788. The molecule has 0 radical (unpaired) electrons. The summed E-state index contributed by atoms with van der Waals surface area (Å²) in [7, 11) is 0. The topological polar surface area (TPSA) is 58.6 Å². The van der Waals surface area contributed by atoms with E-state index in [0.29, 0.717) is 19.4 Å². The van der Waals surface area contributed by atoms with Gasteiger partial charge < -0.3 is 15.0 Å². The van der Waals surface area contributed by atoms with Crippen LogP contribution in [0.2, 0.25) is 0 Å². The zero-order valence-corrected chi connectivity index (χ0v) is 12.6. The van der Waals surface area contributed by atoms with E-state index in [1.165, 1.54) is 0 Å².